The van der Waals surface area contributed by atoms with Crippen molar-refractivity contribution in [1.29, 1.82) is 0 Å². The first-order valence-corrected chi connectivity index (χ1v) is 5.37. The first-order valence-electron chi connectivity index (χ1n) is 5.37. The first kappa shape index (κ1) is 10.0. The van der Waals surface area contributed by atoms with Crippen molar-refractivity contribution in [1.82, 2.24) is 10.6 Å². The van der Waals surface area contributed by atoms with Gasteiger partial charge in [-0.3, -0.25) is 4.99 Å². The van der Waals surface area contributed by atoms with Gasteiger partial charge in [-0.1, -0.05) is 29.8 Å². The third-order valence-corrected chi connectivity index (χ3v) is 2.60. The van der Waals surface area contributed by atoms with Crippen molar-refractivity contribution >= 4 is 5.96 Å². The maximum absolute atomic E-state index is 4.31. The number of nitrogens with zero attached hydrogens (tertiary/aromatic N) is 1. The van der Waals surface area contributed by atoms with E-state index in [9.17, 15) is 0 Å². The van der Waals surface area contributed by atoms with Crippen LogP contribution in [0, 0.1) is 6.92 Å². The standard InChI is InChI=1S/C12H17N3/c1-9-3-5-11(6-4-9)10(2)15-12-13-7-8-14-12/h3-6,10H,7-8H2,1-2H3,(H2,13,14,15). The lowest BCUT2D eigenvalue weighted by Gasteiger charge is -2.15. The van der Waals surface area contributed by atoms with Gasteiger partial charge in [-0.25, -0.2) is 0 Å². The van der Waals surface area contributed by atoms with Crippen LogP contribution in [0.1, 0.15) is 24.1 Å². The summed E-state index contributed by atoms with van der Waals surface area (Å²) in [6, 6.07) is 8.88. The Labute approximate surface area is 90.6 Å². The van der Waals surface area contributed by atoms with E-state index < -0.39 is 0 Å². The third kappa shape index (κ3) is 2.49. The van der Waals surface area contributed by atoms with Crippen molar-refractivity contribution in [3.8, 4) is 0 Å². The Morgan fingerprint density at radius 3 is 2.67 bits per heavy atom. The molecule has 0 aliphatic carbocycles. The van der Waals surface area contributed by atoms with E-state index in [2.05, 4.69) is 53.7 Å². The lowest BCUT2D eigenvalue weighted by Crippen LogP contribution is -2.35. The number of aliphatic imine (C=N–C) groups is 1. The first-order chi connectivity index (χ1) is 7.25. The molecule has 3 nitrogen and oxygen atoms in total. The maximum atomic E-state index is 4.31. The molecule has 1 aromatic carbocycles. The molecular weight excluding hydrogens is 186 g/mol. The number of hydrogen-bond acceptors (Lipinski definition) is 3. The Hall–Kier alpha value is -1.51. The van der Waals surface area contributed by atoms with Crippen molar-refractivity contribution in [2.75, 3.05) is 13.1 Å². The molecule has 0 saturated carbocycles. The molecule has 0 bridgehead atoms. The van der Waals surface area contributed by atoms with Crippen LogP contribution in [0.4, 0.5) is 0 Å². The van der Waals surface area contributed by atoms with Gasteiger partial charge in [0.15, 0.2) is 5.96 Å². The summed E-state index contributed by atoms with van der Waals surface area (Å²) in [5.74, 6) is 0.920. The normalized spacial score (nSPS) is 16.8. The number of aryl methyl sites for hydroxylation is 1. The number of rotatable bonds is 2. The van der Waals surface area contributed by atoms with Crippen LogP contribution in [0.5, 0.6) is 0 Å². The summed E-state index contributed by atoms with van der Waals surface area (Å²) in [5.41, 5.74) is 2.58. The second-order valence-electron chi connectivity index (χ2n) is 3.93. The van der Waals surface area contributed by atoms with Crippen LogP contribution in [0.3, 0.4) is 0 Å². The van der Waals surface area contributed by atoms with Crippen molar-refractivity contribution in [3.63, 3.8) is 0 Å². The highest BCUT2D eigenvalue weighted by Crippen LogP contribution is 2.12. The van der Waals surface area contributed by atoms with E-state index in [1.54, 1.807) is 0 Å². The maximum Gasteiger partial charge on any atom is 0.191 e. The molecule has 0 fully saturated rings. The van der Waals surface area contributed by atoms with Crippen LogP contribution < -0.4 is 10.6 Å². The molecule has 0 radical (unpaired) electrons. The minimum absolute atomic E-state index is 0.301. The molecule has 1 aromatic rings. The molecule has 15 heavy (non-hydrogen) atoms. The third-order valence-electron chi connectivity index (χ3n) is 2.60. The van der Waals surface area contributed by atoms with Gasteiger partial charge < -0.3 is 10.6 Å². The summed E-state index contributed by atoms with van der Waals surface area (Å²) in [4.78, 5) is 4.31. The highest BCUT2D eigenvalue weighted by Gasteiger charge is 2.09. The average molecular weight is 203 g/mol. The Morgan fingerprint density at radius 1 is 1.33 bits per heavy atom. The molecule has 0 aromatic heterocycles. The Balaban J connectivity index is 2.00. The fraction of sp³-hybridized carbons (Fsp3) is 0.417. The summed E-state index contributed by atoms with van der Waals surface area (Å²) < 4.78 is 0. The number of benzene rings is 1. The minimum atomic E-state index is 0.301. The quantitative estimate of drug-likeness (QED) is 0.766. The summed E-state index contributed by atoms with van der Waals surface area (Å²) in [5, 5.41) is 6.56. The molecule has 1 heterocycles. The van der Waals surface area contributed by atoms with Crippen LogP contribution >= 0.6 is 0 Å². The summed E-state index contributed by atoms with van der Waals surface area (Å²) in [6.45, 7) is 6.07. The highest BCUT2D eigenvalue weighted by atomic mass is 15.2. The number of nitrogens with one attached hydrogen (secondary N) is 2. The fourth-order valence-electron chi connectivity index (χ4n) is 1.64. The molecule has 1 unspecified atom stereocenters. The zero-order valence-corrected chi connectivity index (χ0v) is 9.25. The minimum Gasteiger partial charge on any atom is -0.355 e. The van der Waals surface area contributed by atoms with Gasteiger partial charge in [0.05, 0.1) is 12.6 Å². The molecule has 0 saturated heterocycles. The van der Waals surface area contributed by atoms with Crippen molar-refractivity contribution in [3.05, 3.63) is 35.4 Å². The summed E-state index contributed by atoms with van der Waals surface area (Å²) in [6.07, 6.45) is 0. The second kappa shape index (κ2) is 4.34. The van der Waals surface area contributed by atoms with Gasteiger partial charge in [0.25, 0.3) is 0 Å². The van der Waals surface area contributed by atoms with E-state index in [-0.39, 0.29) is 0 Å². The molecule has 2 rings (SSSR count). The zero-order chi connectivity index (χ0) is 10.7. The largest absolute Gasteiger partial charge is 0.355 e. The zero-order valence-electron chi connectivity index (χ0n) is 9.25. The Kier molecular flexibility index (Phi) is 2.90. The van der Waals surface area contributed by atoms with Crippen molar-refractivity contribution in [2.24, 2.45) is 4.99 Å². The molecular formula is C12H17N3. The Morgan fingerprint density at radius 2 is 2.07 bits per heavy atom. The molecule has 2 N–H and O–H groups in total. The molecule has 0 spiro atoms. The second-order valence-corrected chi connectivity index (χ2v) is 3.93. The number of guanidine groups is 1. The van der Waals surface area contributed by atoms with E-state index in [4.69, 9.17) is 0 Å². The summed E-state index contributed by atoms with van der Waals surface area (Å²) in [7, 11) is 0. The molecule has 1 aliphatic heterocycles. The monoisotopic (exact) mass is 203 g/mol. The van der Waals surface area contributed by atoms with E-state index in [0.29, 0.717) is 6.04 Å². The summed E-state index contributed by atoms with van der Waals surface area (Å²) >= 11 is 0. The van der Waals surface area contributed by atoms with Crippen LogP contribution in [0.15, 0.2) is 29.3 Å². The molecule has 1 atom stereocenters. The van der Waals surface area contributed by atoms with Crippen molar-refractivity contribution in [2.45, 2.75) is 19.9 Å². The van der Waals surface area contributed by atoms with Crippen LogP contribution in [-0.2, 0) is 0 Å². The van der Waals surface area contributed by atoms with Gasteiger partial charge in [0, 0.05) is 6.54 Å². The number of hydrogen-bond donors (Lipinski definition) is 2. The lowest BCUT2D eigenvalue weighted by atomic mass is 10.1. The SMILES string of the molecule is Cc1ccc(C(C)NC2=NCCN2)cc1. The topological polar surface area (TPSA) is 36.4 Å². The highest BCUT2D eigenvalue weighted by molar-refractivity contribution is 5.81. The lowest BCUT2D eigenvalue weighted by molar-refractivity contribution is 0.702. The predicted molar refractivity (Wildman–Crippen MR) is 63.0 cm³/mol. The smallest absolute Gasteiger partial charge is 0.191 e. The fourth-order valence-corrected chi connectivity index (χ4v) is 1.64. The predicted octanol–water partition coefficient (Wildman–Crippen LogP) is 1.60. The van der Waals surface area contributed by atoms with Gasteiger partial charge in [-0.2, -0.15) is 0 Å². The molecule has 80 valence electrons. The molecule has 0 amide bonds. The van der Waals surface area contributed by atoms with Gasteiger partial charge in [-0.15, -0.1) is 0 Å². The van der Waals surface area contributed by atoms with Gasteiger partial charge in [-0.05, 0) is 19.4 Å². The Bertz CT molecular complexity index is 354. The molecule has 1 aliphatic rings. The average Bonchev–Trinajstić information content (AvgIpc) is 2.71. The van der Waals surface area contributed by atoms with E-state index in [1.807, 2.05) is 0 Å². The van der Waals surface area contributed by atoms with Gasteiger partial charge >= 0.3 is 0 Å². The van der Waals surface area contributed by atoms with Gasteiger partial charge in [0.2, 0.25) is 0 Å². The van der Waals surface area contributed by atoms with Crippen molar-refractivity contribution < 1.29 is 0 Å². The van der Waals surface area contributed by atoms with E-state index in [0.717, 1.165) is 19.0 Å². The van der Waals surface area contributed by atoms with Crippen LogP contribution in [-0.4, -0.2) is 19.0 Å². The molecule has 3 heteroatoms. The van der Waals surface area contributed by atoms with Crippen LogP contribution in [0.2, 0.25) is 0 Å². The van der Waals surface area contributed by atoms with E-state index >= 15 is 0 Å². The van der Waals surface area contributed by atoms with Gasteiger partial charge in [0.1, 0.15) is 0 Å². The van der Waals surface area contributed by atoms with Crippen LogP contribution in [0.25, 0.3) is 0 Å². The van der Waals surface area contributed by atoms with E-state index in [1.165, 1.54) is 11.1 Å².